The van der Waals surface area contributed by atoms with Crippen LogP contribution in [0.4, 0.5) is 18.0 Å². The van der Waals surface area contributed by atoms with Crippen LogP contribution in [0.2, 0.25) is 0 Å². The SMILES string of the molecule is Cn1cc(CNC(=O)NC(CCC(=O)O)Cc2ccccc2)c(C(F)(F)F)n1. The molecule has 28 heavy (non-hydrogen) atoms. The van der Waals surface area contributed by atoms with Crippen LogP contribution < -0.4 is 10.6 Å². The van der Waals surface area contributed by atoms with Gasteiger partial charge in [0.2, 0.25) is 0 Å². The number of halogens is 3. The molecular formula is C18H21F3N4O3. The number of amides is 2. The van der Waals surface area contributed by atoms with E-state index in [4.69, 9.17) is 5.11 Å². The summed E-state index contributed by atoms with van der Waals surface area (Å²) in [6.45, 7) is -0.356. The molecule has 7 nitrogen and oxygen atoms in total. The molecule has 1 heterocycles. The van der Waals surface area contributed by atoms with Crippen molar-refractivity contribution >= 4 is 12.0 Å². The molecule has 0 saturated heterocycles. The fourth-order valence-corrected chi connectivity index (χ4v) is 2.74. The lowest BCUT2D eigenvalue weighted by Crippen LogP contribution is -2.43. The lowest BCUT2D eigenvalue weighted by molar-refractivity contribution is -0.142. The second-order valence-corrected chi connectivity index (χ2v) is 6.32. The van der Waals surface area contributed by atoms with E-state index in [1.807, 2.05) is 30.3 Å². The molecule has 0 aliphatic heterocycles. The molecule has 2 rings (SSSR count). The molecular weight excluding hydrogens is 377 g/mol. The number of carboxylic acids is 1. The Labute approximate surface area is 159 Å². The number of aliphatic carboxylic acids is 1. The van der Waals surface area contributed by atoms with Crippen molar-refractivity contribution in [2.45, 2.75) is 38.0 Å². The highest BCUT2D eigenvalue weighted by molar-refractivity contribution is 5.74. The van der Waals surface area contributed by atoms with Gasteiger partial charge in [0.1, 0.15) is 0 Å². The average Bonchev–Trinajstić information content (AvgIpc) is 3.00. The van der Waals surface area contributed by atoms with Crippen LogP contribution >= 0.6 is 0 Å². The number of hydrogen-bond donors (Lipinski definition) is 3. The third kappa shape index (κ3) is 6.60. The molecule has 2 amide bonds. The van der Waals surface area contributed by atoms with E-state index in [0.29, 0.717) is 6.42 Å². The maximum Gasteiger partial charge on any atom is 0.435 e. The largest absolute Gasteiger partial charge is 0.481 e. The molecule has 1 atom stereocenters. The molecule has 10 heteroatoms. The number of nitrogens with one attached hydrogen (secondary N) is 2. The molecule has 0 bridgehead atoms. The fourth-order valence-electron chi connectivity index (χ4n) is 2.74. The Kier molecular flexibility index (Phi) is 7.02. The number of carboxylic acid groups (broad SMARTS) is 1. The lowest BCUT2D eigenvalue weighted by Gasteiger charge is -2.19. The molecule has 152 valence electrons. The second kappa shape index (κ2) is 9.25. The Morgan fingerprint density at radius 3 is 2.54 bits per heavy atom. The quantitative estimate of drug-likeness (QED) is 0.637. The molecule has 0 spiro atoms. The highest BCUT2D eigenvalue weighted by Gasteiger charge is 2.36. The molecule has 0 aliphatic rings. The minimum atomic E-state index is -4.62. The third-order valence-electron chi connectivity index (χ3n) is 3.98. The summed E-state index contributed by atoms with van der Waals surface area (Å²) in [5.41, 5.74) is -0.304. The standard InChI is InChI=1S/C18H21F3N4O3/c1-25-11-13(16(24-25)18(19,20)21)10-22-17(28)23-14(7-8-15(26)27)9-12-5-3-2-4-6-12/h2-6,11,14H,7-10H2,1H3,(H,26,27)(H2,22,23,28). The highest BCUT2D eigenvalue weighted by atomic mass is 19.4. The van der Waals surface area contributed by atoms with Gasteiger partial charge in [0.05, 0.1) is 0 Å². The van der Waals surface area contributed by atoms with E-state index < -0.39 is 29.9 Å². The normalized spacial score (nSPS) is 12.4. The van der Waals surface area contributed by atoms with E-state index in [0.717, 1.165) is 10.2 Å². The maximum absolute atomic E-state index is 13.0. The zero-order valence-electron chi connectivity index (χ0n) is 15.2. The van der Waals surface area contributed by atoms with Crippen LogP contribution in [0.15, 0.2) is 36.5 Å². The molecule has 0 aliphatic carbocycles. The van der Waals surface area contributed by atoms with Crippen molar-refractivity contribution in [2.24, 2.45) is 7.05 Å². The maximum atomic E-state index is 13.0. The van der Waals surface area contributed by atoms with Gasteiger partial charge >= 0.3 is 18.2 Å². The molecule has 0 fully saturated rings. The van der Waals surface area contributed by atoms with Crippen LogP contribution in [-0.2, 0) is 31.0 Å². The molecule has 0 saturated carbocycles. The fraction of sp³-hybridized carbons (Fsp3) is 0.389. The van der Waals surface area contributed by atoms with E-state index in [-0.39, 0.29) is 24.9 Å². The molecule has 2 aromatic rings. The number of nitrogens with zero attached hydrogens (tertiary/aromatic N) is 2. The number of carbonyl (C=O) groups is 2. The Hall–Kier alpha value is -3.04. The van der Waals surface area contributed by atoms with Crippen LogP contribution in [0.5, 0.6) is 0 Å². The first-order valence-corrected chi connectivity index (χ1v) is 8.55. The van der Waals surface area contributed by atoms with Crippen LogP contribution in [0.1, 0.15) is 29.7 Å². The Bertz CT molecular complexity index is 806. The summed E-state index contributed by atoms with van der Waals surface area (Å²) in [6, 6.07) is 8.02. The van der Waals surface area contributed by atoms with Crippen LogP contribution in [0, 0.1) is 0 Å². The number of aryl methyl sites for hydroxylation is 1. The van der Waals surface area contributed by atoms with Gasteiger partial charge in [0.25, 0.3) is 0 Å². The number of benzene rings is 1. The zero-order chi connectivity index (χ0) is 20.7. The van der Waals surface area contributed by atoms with Crippen molar-refractivity contribution in [1.29, 1.82) is 0 Å². The topological polar surface area (TPSA) is 96.2 Å². The first-order valence-electron chi connectivity index (χ1n) is 8.55. The Morgan fingerprint density at radius 1 is 1.25 bits per heavy atom. The minimum Gasteiger partial charge on any atom is -0.481 e. The van der Waals surface area contributed by atoms with Crippen molar-refractivity contribution in [1.82, 2.24) is 20.4 Å². The van der Waals surface area contributed by atoms with E-state index in [2.05, 4.69) is 15.7 Å². The Balaban J connectivity index is 1.98. The number of hydrogen-bond acceptors (Lipinski definition) is 3. The first kappa shape index (κ1) is 21.3. The lowest BCUT2D eigenvalue weighted by atomic mass is 10.0. The first-order chi connectivity index (χ1) is 13.1. The van der Waals surface area contributed by atoms with Gasteiger partial charge in [0, 0.05) is 37.8 Å². The molecule has 1 unspecified atom stereocenters. The van der Waals surface area contributed by atoms with Gasteiger partial charge in [-0.05, 0) is 18.4 Å². The monoisotopic (exact) mass is 398 g/mol. The van der Waals surface area contributed by atoms with Crippen molar-refractivity contribution in [3.8, 4) is 0 Å². The van der Waals surface area contributed by atoms with Crippen LogP contribution in [-0.4, -0.2) is 32.9 Å². The Morgan fingerprint density at radius 2 is 1.93 bits per heavy atom. The van der Waals surface area contributed by atoms with E-state index in [1.165, 1.54) is 13.2 Å². The second-order valence-electron chi connectivity index (χ2n) is 6.32. The van der Waals surface area contributed by atoms with Crippen molar-refractivity contribution in [3.05, 3.63) is 53.3 Å². The number of alkyl halides is 3. The van der Waals surface area contributed by atoms with Gasteiger partial charge < -0.3 is 15.7 Å². The smallest absolute Gasteiger partial charge is 0.435 e. The van der Waals surface area contributed by atoms with Gasteiger partial charge in [0.15, 0.2) is 5.69 Å². The summed E-state index contributed by atoms with van der Waals surface area (Å²) in [5, 5.41) is 17.3. The summed E-state index contributed by atoms with van der Waals surface area (Å²) in [5.74, 6) is -0.995. The van der Waals surface area contributed by atoms with Gasteiger partial charge in [-0.25, -0.2) is 4.79 Å². The predicted octanol–water partition coefficient (Wildman–Crippen LogP) is 2.71. The van der Waals surface area contributed by atoms with E-state index in [1.54, 1.807) is 0 Å². The third-order valence-corrected chi connectivity index (χ3v) is 3.98. The van der Waals surface area contributed by atoms with E-state index >= 15 is 0 Å². The van der Waals surface area contributed by atoms with Gasteiger partial charge in [-0.1, -0.05) is 30.3 Å². The molecule has 1 aromatic heterocycles. The average molecular weight is 398 g/mol. The van der Waals surface area contributed by atoms with Gasteiger partial charge in [-0.3, -0.25) is 9.48 Å². The minimum absolute atomic E-state index is 0.140. The van der Waals surface area contributed by atoms with Crippen molar-refractivity contribution in [2.75, 3.05) is 0 Å². The van der Waals surface area contributed by atoms with Crippen molar-refractivity contribution < 1.29 is 27.9 Å². The number of rotatable bonds is 8. The molecule has 0 radical (unpaired) electrons. The highest BCUT2D eigenvalue weighted by Crippen LogP contribution is 2.30. The number of carbonyl (C=O) groups excluding carboxylic acids is 1. The van der Waals surface area contributed by atoms with Crippen LogP contribution in [0.3, 0.4) is 0 Å². The summed E-state index contributed by atoms with van der Waals surface area (Å²) in [6.07, 6.45) is -2.97. The van der Waals surface area contributed by atoms with Gasteiger partial charge in [-0.2, -0.15) is 18.3 Å². The number of urea groups is 1. The number of aromatic nitrogens is 2. The summed E-state index contributed by atoms with van der Waals surface area (Å²) < 4.78 is 39.9. The summed E-state index contributed by atoms with van der Waals surface area (Å²) >= 11 is 0. The molecule has 1 aromatic carbocycles. The summed E-state index contributed by atoms with van der Waals surface area (Å²) in [7, 11) is 1.36. The predicted molar refractivity (Wildman–Crippen MR) is 94.4 cm³/mol. The van der Waals surface area contributed by atoms with Crippen LogP contribution in [0.25, 0.3) is 0 Å². The van der Waals surface area contributed by atoms with Gasteiger partial charge in [-0.15, -0.1) is 0 Å². The molecule has 3 N–H and O–H groups in total. The zero-order valence-corrected chi connectivity index (χ0v) is 15.2. The van der Waals surface area contributed by atoms with Crippen molar-refractivity contribution in [3.63, 3.8) is 0 Å². The van der Waals surface area contributed by atoms with E-state index in [9.17, 15) is 22.8 Å². The summed E-state index contributed by atoms with van der Waals surface area (Å²) in [4.78, 5) is 23.0.